The van der Waals surface area contributed by atoms with E-state index in [4.69, 9.17) is 8.83 Å². The summed E-state index contributed by atoms with van der Waals surface area (Å²) in [4.78, 5) is 0. The van der Waals surface area contributed by atoms with Gasteiger partial charge in [-0.3, -0.25) is 0 Å². The van der Waals surface area contributed by atoms with Gasteiger partial charge < -0.3 is 8.83 Å². The Morgan fingerprint density at radius 3 is 1.40 bits per heavy atom. The molecule has 0 unspecified atom stereocenters. The number of hydrogen-bond acceptors (Lipinski definition) is 2. The summed E-state index contributed by atoms with van der Waals surface area (Å²) < 4.78 is 188. The molecule has 0 radical (unpaired) electrons. The number of furan rings is 2. The quantitative estimate of drug-likeness (QED) is 0.153. The standard InChI is InChI=1S/C35H19F13O2/c1-16-2-4-18-10-22-24-14-29-25(15-28(24)49-26(22)12-20(18)8-16)23-11-19-5-3-17(9-21(19)13-27(23)50-29)6-7-30(36,37)31(38,39)32(40,41)33(42,43)34(44,45)35(46,47)48/h2-5,8-15H,6-7H2,1H3. The van der Waals surface area contributed by atoms with Crippen LogP contribution in [0.15, 0.2) is 81.6 Å². The van der Waals surface area contributed by atoms with Gasteiger partial charge in [-0.2, -0.15) is 57.1 Å². The van der Waals surface area contributed by atoms with Crippen molar-refractivity contribution in [2.24, 2.45) is 0 Å². The molecule has 0 bridgehead atoms. The van der Waals surface area contributed by atoms with Gasteiger partial charge in [0.2, 0.25) is 0 Å². The van der Waals surface area contributed by atoms with Crippen LogP contribution in [0, 0.1) is 6.92 Å². The minimum Gasteiger partial charge on any atom is -0.456 e. The zero-order valence-electron chi connectivity index (χ0n) is 25.1. The van der Waals surface area contributed by atoms with Crippen LogP contribution >= 0.6 is 0 Å². The van der Waals surface area contributed by atoms with Crippen LogP contribution in [0.3, 0.4) is 0 Å². The average molecular weight is 719 g/mol. The van der Waals surface area contributed by atoms with E-state index in [2.05, 4.69) is 0 Å². The Bertz CT molecular complexity index is 2490. The van der Waals surface area contributed by atoms with Crippen LogP contribution < -0.4 is 0 Å². The Kier molecular flexibility index (Phi) is 7.04. The molecule has 2 aromatic heterocycles. The largest absolute Gasteiger partial charge is 0.460 e. The van der Waals surface area contributed by atoms with Gasteiger partial charge in [-0.15, -0.1) is 0 Å². The Morgan fingerprint density at radius 1 is 0.440 bits per heavy atom. The molecular formula is C35H19F13O2. The first-order chi connectivity index (χ1) is 23.1. The molecule has 2 heterocycles. The molecule has 15 heteroatoms. The summed E-state index contributed by atoms with van der Waals surface area (Å²) >= 11 is 0. The van der Waals surface area contributed by atoms with Crippen molar-refractivity contribution >= 4 is 65.4 Å². The molecule has 7 rings (SSSR count). The smallest absolute Gasteiger partial charge is 0.456 e. The molecule has 2 nitrogen and oxygen atoms in total. The van der Waals surface area contributed by atoms with Crippen LogP contribution in [0.1, 0.15) is 17.5 Å². The summed E-state index contributed by atoms with van der Waals surface area (Å²) in [5, 5.41) is 5.68. The second kappa shape index (κ2) is 10.4. The van der Waals surface area contributed by atoms with E-state index in [1.165, 1.54) is 18.2 Å². The molecule has 0 amide bonds. The number of rotatable bonds is 7. The Morgan fingerprint density at radius 2 is 0.880 bits per heavy atom. The van der Waals surface area contributed by atoms with Crippen molar-refractivity contribution in [3.63, 3.8) is 0 Å². The topological polar surface area (TPSA) is 26.3 Å². The van der Waals surface area contributed by atoms with Gasteiger partial charge in [0, 0.05) is 28.0 Å². The summed E-state index contributed by atoms with van der Waals surface area (Å²) in [6.07, 6.45) is -10.9. The molecular weight excluding hydrogens is 699 g/mol. The van der Waals surface area contributed by atoms with Gasteiger partial charge >= 0.3 is 35.8 Å². The molecule has 0 saturated carbocycles. The van der Waals surface area contributed by atoms with E-state index < -0.39 is 48.6 Å². The van der Waals surface area contributed by atoms with Crippen molar-refractivity contribution in [2.75, 3.05) is 0 Å². The van der Waals surface area contributed by atoms with Gasteiger partial charge in [0.15, 0.2) is 0 Å². The van der Waals surface area contributed by atoms with Crippen molar-refractivity contribution in [3.8, 4) is 0 Å². The van der Waals surface area contributed by atoms with E-state index in [9.17, 15) is 57.1 Å². The summed E-state index contributed by atoms with van der Waals surface area (Å²) in [7, 11) is 0. The molecule has 0 atom stereocenters. The van der Waals surface area contributed by atoms with E-state index in [1.54, 1.807) is 18.2 Å². The van der Waals surface area contributed by atoms with Gasteiger partial charge in [0.05, 0.1) is 0 Å². The number of alkyl halides is 13. The molecule has 0 fully saturated rings. The van der Waals surface area contributed by atoms with Crippen LogP contribution in [-0.2, 0) is 6.42 Å². The van der Waals surface area contributed by atoms with Gasteiger partial charge in [0.1, 0.15) is 22.3 Å². The highest BCUT2D eigenvalue weighted by atomic mass is 19.4. The maximum absolute atomic E-state index is 14.4. The first-order valence-electron chi connectivity index (χ1n) is 14.7. The minimum absolute atomic E-state index is 0.189. The Hall–Kier alpha value is -4.69. The number of fused-ring (bicyclic) bond motifs is 8. The third-order valence-corrected chi connectivity index (χ3v) is 8.93. The predicted octanol–water partition coefficient (Wildman–Crippen LogP) is 12.8. The lowest BCUT2D eigenvalue weighted by Gasteiger charge is -2.39. The van der Waals surface area contributed by atoms with Crippen LogP contribution in [-0.4, -0.2) is 35.8 Å². The average Bonchev–Trinajstić information content (AvgIpc) is 3.55. The highest BCUT2D eigenvalue weighted by Gasteiger charge is 2.90. The molecule has 0 aliphatic rings. The van der Waals surface area contributed by atoms with E-state index in [0.717, 1.165) is 33.2 Å². The zero-order chi connectivity index (χ0) is 36.4. The normalized spacial score (nSPS) is 14.4. The van der Waals surface area contributed by atoms with Crippen molar-refractivity contribution in [2.45, 2.75) is 55.6 Å². The second-order valence-corrected chi connectivity index (χ2v) is 12.3. The Balaban J connectivity index is 1.20. The van der Waals surface area contributed by atoms with E-state index in [1.807, 2.05) is 37.3 Å². The van der Waals surface area contributed by atoms with E-state index >= 15 is 0 Å². The van der Waals surface area contributed by atoms with Crippen molar-refractivity contribution < 1.29 is 65.9 Å². The maximum atomic E-state index is 14.4. The molecule has 0 aliphatic carbocycles. The lowest BCUT2D eigenvalue weighted by atomic mass is 9.91. The lowest BCUT2D eigenvalue weighted by molar-refractivity contribution is -0.440. The molecule has 0 N–H and O–H groups in total. The van der Waals surface area contributed by atoms with Gasteiger partial charge in [-0.05, 0) is 76.9 Å². The summed E-state index contributed by atoms with van der Waals surface area (Å²) in [5.41, 5.74) is 2.90. The Labute approximate surface area is 271 Å². The van der Waals surface area contributed by atoms with Gasteiger partial charge in [0.25, 0.3) is 0 Å². The molecule has 262 valence electrons. The number of halogens is 13. The summed E-state index contributed by atoms with van der Waals surface area (Å²) in [5.74, 6) is -36.9. The molecule has 50 heavy (non-hydrogen) atoms. The van der Waals surface area contributed by atoms with Crippen molar-refractivity contribution in [3.05, 3.63) is 83.9 Å². The highest BCUT2D eigenvalue weighted by Crippen LogP contribution is 2.60. The first kappa shape index (κ1) is 33.8. The van der Waals surface area contributed by atoms with Crippen LogP contribution in [0.4, 0.5) is 57.1 Å². The first-order valence-corrected chi connectivity index (χ1v) is 14.7. The number of aryl methyl sites for hydroxylation is 2. The third-order valence-electron chi connectivity index (χ3n) is 8.93. The molecule has 5 aromatic carbocycles. The summed E-state index contributed by atoms with van der Waals surface area (Å²) in [6.45, 7) is 1.98. The lowest BCUT2D eigenvalue weighted by Crippen LogP contribution is -2.70. The highest BCUT2D eigenvalue weighted by molar-refractivity contribution is 6.18. The van der Waals surface area contributed by atoms with Crippen molar-refractivity contribution in [1.29, 1.82) is 0 Å². The van der Waals surface area contributed by atoms with Crippen LogP contribution in [0.2, 0.25) is 0 Å². The fourth-order valence-electron chi connectivity index (χ4n) is 6.11. The third kappa shape index (κ3) is 4.71. The second-order valence-electron chi connectivity index (χ2n) is 12.3. The maximum Gasteiger partial charge on any atom is 0.460 e. The molecule has 7 aromatic rings. The van der Waals surface area contributed by atoms with Crippen LogP contribution in [0.5, 0.6) is 0 Å². The number of benzene rings is 5. The summed E-state index contributed by atoms with van der Waals surface area (Å²) in [6, 6.07) is 20.4. The van der Waals surface area contributed by atoms with E-state index in [0.29, 0.717) is 43.9 Å². The molecule has 0 saturated heterocycles. The minimum atomic E-state index is -7.92. The van der Waals surface area contributed by atoms with Gasteiger partial charge in [-0.25, -0.2) is 0 Å². The van der Waals surface area contributed by atoms with Crippen LogP contribution in [0.25, 0.3) is 65.4 Å². The molecule has 0 aliphatic heterocycles. The SMILES string of the molecule is Cc1ccc2cc3c(cc2c1)oc1cc2c(cc13)oc1cc3cc(CCC(F)(F)C(F)(F)C(F)(F)C(F)(F)C(F)(F)C(F)(F)F)ccc3cc12. The zero-order valence-corrected chi connectivity index (χ0v) is 25.1. The monoisotopic (exact) mass is 718 g/mol. The fourth-order valence-corrected chi connectivity index (χ4v) is 6.11. The number of hydrogen-bond donors (Lipinski definition) is 0. The van der Waals surface area contributed by atoms with Crippen molar-refractivity contribution in [1.82, 2.24) is 0 Å². The predicted molar refractivity (Wildman–Crippen MR) is 160 cm³/mol. The fraction of sp³-hybridized carbons (Fsp3) is 0.257. The molecule has 0 spiro atoms. The van der Waals surface area contributed by atoms with E-state index in [-0.39, 0.29) is 5.56 Å². The van der Waals surface area contributed by atoms with Gasteiger partial charge in [-0.1, -0.05) is 42.0 Å².